The lowest BCUT2D eigenvalue weighted by Gasteiger charge is -2.26. The zero-order chi connectivity index (χ0) is 40.7. The number of allylic oxidation sites excluding steroid dienone is 10. The minimum atomic E-state index is -4.31. The van der Waals surface area contributed by atoms with E-state index in [9.17, 15) is 19.4 Å². The highest BCUT2D eigenvalue weighted by molar-refractivity contribution is 7.47. The smallest absolute Gasteiger partial charge is 0.391 e. The molecule has 0 aliphatic rings. The number of aliphatic hydroxyl groups excluding tert-OH is 1. The summed E-state index contributed by atoms with van der Waals surface area (Å²) in [5.74, 6) is -0.161. The molecule has 0 rings (SSSR count). The van der Waals surface area contributed by atoms with Crippen LogP contribution in [0.5, 0.6) is 0 Å². The third kappa shape index (κ3) is 40.2. The van der Waals surface area contributed by atoms with E-state index in [1.165, 1.54) is 70.6 Å². The normalized spacial score (nSPS) is 15.0. The second kappa shape index (κ2) is 37.8. The van der Waals surface area contributed by atoms with Crippen LogP contribution in [0.2, 0.25) is 0 Å². The molecule has 0 radical (unpaired) electrons. The average Bonchev–Trinajstić information content (AvgIpc) is 3.13. The Labute approximate surface area is 339 Å². The Kier molecular flexibility index (Phi) is 36.5. The summed E-state index contributed by atoms with van der Waals surface area (Å²) in [7, 11) is 1.60. The highest BCUT2D eigenvalue weighted by Crippen LogP contribution is 2.43. The first-order chi connectivity index (χ1) is 26.5. The maximum absolute atomic E-state index is 12.9. The molecule has 0 fully saturated rings. The van der Waals surface area contributed by atoms with Crippen molar-refractivity contribution >= 4 is 13.7 Å². The predicted molar refractivity (Wildman–Crippen MR) is 235 cm³/mol. The molecule has 0 aromatic carbocycles. The van der Waals surface area contributed by atoms with Crippen molar-refractivity contribution in [1.29, 1.82) is 0 Å². The van der Waals surface area contributed by atoms with Gasteiger partial charge in [0.15, 0.2) is 0 Å². The maximum Gasteiger partial charge on any atom is 0.472 e. The number of likely N-dealkylation sites (N-methyl/N-ethyl adjacent to an activating group) is 1. The first kappa shape index (κ1) is 53.2. The second-order valence-corrected chi connectivity index (χ2v) is 17.5. The van der Waals surface area contributed by atoms with E-state index in [1.54, 1.807) is 0 Å². The standard InChI is InChI=1S/C46H85N2O6P/c1-6-8-10-12-14-16-18-19-20-21-22-23-24-25-26-27-28-29-30-32-34-36-38-40-46(50)47-44(43-54-55(51,52)53-42-41-48(3,4)5)45(49)39-37-35-33-31-17-15-13-11-9-7-2/h8,10,14,16,19-20,22-23,25-26,44-45,49H,6-7,9,11-13,15,17-18,21,24,27-43H2,1-5H3,(H-,47,50,51,52)/p+1/b10-8-,16-14-,20-19-,23-22-,26-25-. The van der Waals surface area contributed by atoms with Gasteiger partial charge in [0, 0.05) is 6.42 Å². The fraction of sp³-hybridized carbons (Fsp3) is 0.761. The molecule has 8 nitrogen and oxygen atoms in total. The molecule has 3 atom stereocenters. The van der Waals surface area contributed by atoms with Crippen LogP contribution < -0.4 is 5.32 Å². The number of carbonyl (C=O) groups excluding carboxylic acids is 1. The molecule has 1 amide bonds. The van der Waals surface area contributed by atoms with Crippen LogP contribution in [0.4, 0.5) is 0 Å². The number of hydrogen-bond donors (Lipinski definition) is 3. The molecule has 0 aromatic rings. The Hall–Kier alpha value is -1.80. The number of nitrogens with zero attached hydrogens (tertiary/aromatic N) is 1. The van der Waals surface area contributed by atoms with Gasteiger partial charge in [-0.15, -0.1) is 0 Å². The third-order valence-electron chi connectivity index (χ3n) is 9.53. The average molecular weight is 794 g/mol. The van der Waals surface area contributed by atoms with E-state index in [1.807, 2.05) is 21.1 Å². The third-order valence-corrected chi connectivity index (χ3v) is 10.5. The SMILES string of the molecule is CC/C=C\C/C=C\C/C=C\C/C=C\C/C=C\CCCCCCCCCC(=O)NC(COP(=O)(O)OCC[N+](C)(C)C)C(O)CCCCCCCCCCCC. The van der Waals surface area contributed by atoms with Crippen molar-refractivity contribution in [2.75, 3.05) is 40.9 Å². The number of hydrogen-bond acceptors (Lipinski definition) is 5. The number of phosphoric ester groups is 1. The van der Waals surface area contributed by atoms with Gasteiger partial charge in [-0.05, 0) is 57.8 Å². The van der Waals surface area contributed by atoms with Gasteiger partial charge in [0.05, 0.1) is 39.9 Å². The van der Waals surface area contributed by atoms with Crippen molar-refractivity contribution in [3.05, 3.63) is 60.8 Å². The van der Waals surface area contributed by atoms with Gasteiger partial charge in [-0.2, -0.15) is 0 Å². The van der Waals surface area contributed by atoms with E-state index < -0.39 is 20.0 Å². The van der Waals surface area contributed by atoms with E-state index in [-0.39, 0.29) is 19.1 Å². The van der Waals surface area contributed by atoms with Crippen molar-refractivity contribution in [2.24, 2.45) is 0 Å². The fourth-order valence-electron chi connectivity index (χ4n) is 6.01. The lowest BCUT2D eigenvalue weighted by atomic mass is 10.0. The number of carbonyl (C=O) groups is 1. The summed E-state index contributed by atoms with van der Waals surface area (Å²) in [6, 6.07) is -0.767. The zero-order valence-corrected chi connectivity index (χ0v) is 37.0. The number of rotatable bonds is 39. The molecule has 0 aromatic heterocycles. The molecule has 0 saturated carbocycles. The molecule has 0 spiro atoms. The topological polar surface area (TPSA) is 105 Å². The summed E-state index contributed by atoms with van der Waals surface area (Å²) < 4.78 is 23.6. The van der Waals surface area contributed by atoms with E-state index in [2.05, 4.69) is 79.9 Å². The van der Waals surface area contributed by atoms with Gasteiger partial charge in [-0.1, -0.05) is 171 Å². The Bertz CT molecular complexity index is 1080. The zero-order valence-electron chi connectivity index (χ0n) is 36.1. The van der Waals surface area contributed by atoms with Crippen LogP contribution in [0.3, 0.4) is 0 Å². The van der Waals surface area contributed by atoms with Gasteiger partial charge in [0.2, 0.25) is 5.91 Å². The van der Waals surface area contributed by atoms with Gasteiger partial charge in [-0.25, -0.2) is 4.57 Å². The number of phosphoric acid groups is 1. The molecular weight excluding hydrogens is 707 g/mol. The molecule has 0 bridgehead atoms. The molecule has 320 valence electrons. The summed E-state index contributed by atoms with van der Waals surface area (Å²) >= 11 is 0. The number of nitrogens with one attached hydrogen (secondary N) is 1. The van der Waals surface area contributed by atoms with Gasteiger partial charge in [0.25, 0.3) is 0 Å². The highest BCUT2D eigenvalue weighted by Gasteiger charge is 2.28. The van der Waals surface area contributed by atoms with Crippen molar-refractivity contribution in [3.63, 3.8) is 0 Å². The summed E-state index contributed by atoms with van der Waals surface area (Å²) in [6.07, 6.45) is 48.2. The molecular formula is C46H86N2O6P+. The van der Waals surface area contributed by atoms with Crippen molar-refractivity contribution in [3.8, 4) is 0 Å². The van der Waals surface area contributed by atoms with Crippen LogP contribution in [0.15, 0.2) is 60.8 Å². The second-order valence-electron chi connectivity index (χ2n) is 16.0. The highest BCUT2D eigenvalue weighted by atomic mass is 31.2. The van der Waals surface area contributed by atoms with Crippen LogP contribution in [-0.2, 0) is 18.4 Å². The lowest BCUT2D eigenvalue weighted by molar-refractivity contribution is -0.870. The van der Waals surface area contributed by atoms with Gasteiger partial charge in [0.1, 0.15) is 13.2 Å². The van der Waals surface area contributed by atoms with E-state index >= 15 is 0 Å². The first-order valence-corrected chi connectivity index (χ1v) is 23.6. The Morgan fingerprint density at radius 1 is 0.636 bits per heavy atom. The largest absolute Gasteiger partial charge is 0.472 e. The summed E-state index contributed by atoms with van der Waals surface area (Å²) in [5.41, 5.74) is 0. The molecule has 0 aliphatic carbocycles. The number of quaternary nitrogens is 1. The molecule has 9 heteroatoms. The molecule has 3 unspecified atom stereocenters. The summed E-state index contributed by atoms with van der Waals surface area (Å²) in [6.45, 7) is 4.73. The van der Waals surface area contributed by atoms with Crippen LogP contribution in [0, 0.1) is 0 Å². The summed E-state index contributed by atoms with van der Waals surface area (Å²) in [5, 5.41) is 13.9. The van der Waals surface area contributed by atoms with Crippen molar-refractivity contribution in [2.45, 2.75) is 187 Å². The van der Waals surface area contributed by atoms with Gasteiger partial charge < -0.3 is 19.8 Å². The molecule has 3 N–H and O–H groups in total. The predicted octanol–water partition coefficient (Wildman–Crippen LogP) is 12.2. The van der Waals surface area contributed by atoms with Crippen LogP contribution in [-0.4, -0.2) is 73.4 Å². The Morgan fingerprint density at radius 3 is 1.60 bits per heavy atom. The van der Waals surface area contributed by atoms with Crippen LogP contribution >= 0.6 is 7.82 Å². The Balaban J connectivity index is 4.30. The number of unbranched alkanes of at least 4 members (excludes halogenated alkanes) is 16. The monoisotopic (exact) mass is 794 g/mol. The van der Waals surface area contributed by atoms with Crippen molar-refractivity contribution in [1.82, 2.24) is 5.32 Å². The van der Waals surface area contributed by atoms with E-state index in [0.29, 0.717) is 23.9 Å². The quantitative estimate of drug-likeness (QED) is 0.0248. The van der Waals surface area contributed by atoms with Gasteiger partial charge in [-0.3, -0.25) is 13.8 Å². The molecule has 0 saturated heterocycles. The van der Waals surface area contributed by atoms with E-state index in [0.717, 1.165) is 77.0 Å². The lowest BCUT2D eigenvalue weighted by Crippen LogP contribution is -2.46. The Morgan fingerprint density at radius 2 is 1.09 bits per heavy atom. The maximum atomic E-state index is 12.9. The minimum absolute atomic E-state index is 0.0692. The van der Waals surface area contributed by atoms with Gasteiger partial charge >= 0.3 is 7.82 Å². The number of aliphatic hydroxyl groups is 1. The van der Waals surface area contributed by atoms with Crippen molar-refractivity contribution < 1.29 is 32.9 Å². The minimum Gasteiger partial charge on any atom is -0.391 e. The van der Waals surface area contributed by atoms with E-state index in [4.69, 9.17) is 9.05 Å². The number of amides is 1. The van der Waals surface area contributed by atoms with Crippen LogP contribution in [0.1, 0.15) is 174 Å². The molecule has 55 heavy (non-hydrogen) atoms. The molecule has 0 aliphatic heterocycles. The molecule has 0 heterocycles. The fourth-order valence-corrected chi connectivity index (χ4v) is 6.75. The first-order valence-electron chi connectivity index (χ1n) is 22.2. The van der Waals surface area contributed by atoms with Crippen LogP contribution in [0.25, 0.3) is 0 Å². The summed E-state index contributed by atoms with van der Waals surface area (Å²) in [4.78, 5) is 23.1.